The van der Waals surface area contributed by atoms with Crippen LogP contribution in [0, 0.1) is 5.92 Å². The molecule has 6 rings (SSSR count). The zero-order chi connectivity index (χ0) is 37.6. The Bertz CT molecular complexity index is 1700. The number of sulfonamides is 1. The summed E-state index contributed by atoms with van der Waals surface area (Å²) in [7, 11) is -3.89. The van der Waals surface area contributed by atoms with Crippen molar-refractivity contribution in [2.75, 3.05) is 6.54 Å². The lowest BCUT2D eigenvalue weighted by Gasteiger charge is -2.30. The van der Waals surface area contributed by atoms with E-state index in [1.54, 1.807) is 32.9 Å². The summed E-state index contributed by atoms with van der Waals surface area (Å²) in [6, 6.07) is 1.08. The molecule has 3 N–H and O–H groups in total. The van der Waals surface area contributed by atoms with Gasteiger partial charge in [-0.15, -0.1) is 0 Å². The molecule has 1 aromatic carbocycles. The summed E-state index contributed by atoms with van der Waals surface area (Å²) >= 11 is 12.7. The number of rotatable bonds is 5. The van der Waals surface area contributed by atoms with Crippen LogP contribution in [0.5, 0.6) is 0 Å². The van der Waals surface area contributed by atoms with Crippen molar-refractivity contribution in [2.24, 2.45) is 5.92 Å². The molecule has 3 heterocycles. The van der Waals surface area contributed by atoms with Crippen molar-refractivity contribution in [2.45, 2.75) is 139 Å². The lowest BCUT2D eigenvalue weighted by atomic mass is 10.0. The van der Waals surface area contributed by atoms with Crippen LogP contribution in [0.25, 0.3) is 0 Å². The van der Waals surface area contributed by atoms with Gasteiger partial charge in [0.1, 0.15) is 29.3 Å². The van der Waals surface area contributed by atoms with E-state index < -0.39 is 74.5 Å². The third kappa shape index (κ3) is 8.57. The summed E-state index contributed by atoms with van der Waals surface area (Å²) < 4.78 is 39.1. The van der Waals surface area contributed by atoms with E-state index in [-0.39, 0.29) is 44.8 Å². The van der Waals surface area contributed by atoms with Crippen molar-refractivity contribution in [1.29, 1.82) is 0 Å². The van der Waals surface area contributed by atoms with E-state index in [1.807, 2.05) is 0 Å². The minimum atomic E-state index is -3.89. The highest BCUT2D eigenvalue weighted by molar-refractivity contribution is 7.91. The molecule has 3 aliphatic heterocycles. The van der Waals surface area contributed by atoms with E-state index >= 15 is 0 Å². The van der Waals surface area contributed by atoms with Crippen molar-refractivity contribution in [3.63, 3.8) is 0 Å². The number of benzene rings is 1. The lowest BCUT2D eigenvalue weighted by molar-refractivity contribution is -0.141. The predicted octanol–water partition coefficient (Wildman–Crippen LogP) is 4.54. The summed E-state index contributed by atoms with van der Waals surface area (Å²) in [6.07, 6.45) is 3.47. The molecule has 0 aromatic heterocycles. The molecule has 0 spiro atoms. The van der Waals surface area contributed by atoms with Crippen LogP contribution in [0.1, 0.15) is 103 Å². The number of ether oxygens (including phenoxy) is 2. The van der Waals surface area contributed by atoms with Gasteiger partial charge in [-0.2, -0.15) is 0 Å². The number of carbonyl (C=O) groups excluding carboxylic acids is 5. The first-order chi connectivity index (χ1) is 24.5. The molecule has 5 amide bonds. The molecule has 2 aliphatic carbocycles. The van der Waals surface area contributed by atoms with E-state index in [2.05, 4.69) is 15.4 Å². The van der Waals surface area contributed by atoms with Crippen LogP contribution in [0.2, 0.25) is 10.0 Å². The van der Waals surface area contributed by atoms with Crippen molar-refractivity contribution < 1.29 is 41.9 Å². The summed E-state index contributed by atoms with van der Waals surface area (Å²) in [5.74, 6) is -2.30. The molecule has 0 bridgehead atoms. The van der Waals surface area contributed by atoms with Crippen LogP contribution in [0.4, 0.5) is 9.59 Å². The van der Waals surface area contributed by atoms with E-state index in [4.69, 9.17) is 32.7 Å². The molecule has 2 saturated carbocycles. The number of alkyl carbamates (subject to hydrolysis) is 1. The summed E-state index contributed by atoms with van der Waals surface area (Å²) in [5.41, 5.74) is -0.866. The standard InChI is InChI=1S/C35H47Cl2N5O9S/c1-34(2,3)51-32(46)38-27-10-8-6-4-5-7-9-20-16-35(20,31(45)40-52(48,49)22-11-12-22)39-29(43)28-15-21(17-42(28)30(27)44)50-33(47)41-18-23-24(19-41)26(37)14-13-25(23)36/h13-14,20-22,27-28H,4-12,15-19H2,1-3H3,(H,38,46)(H,39,43)(H,40,45)/t20-,21-,27+,28+,35-/m1/s1. The highest BCUT2D eigenvalue weighted by atomic mass is 35.5. The minimum Gasteiger partial charge on any atom is -0.444 e. The Morgan fingerprint density at radius 1 is 0.942 bits per heavy atom. The maximum Gasteiger partial charge on any atom is 0.410 e. The average molecular weight is 785 g/mol. The number of halogens is 2. The van der Waals surface area contributed by atoms with Crippen LogP contribution in [-0.4, -0.2) is 89.2 Å². The Kier molecular flexibility index (Phi) is 11.0. The number of fused-ring (bicyclic) bond motifs is 3. The van der Waals surface area contributed by atoms with Crippen LogP contribution < -0.4 is 15.4 Å². The average Bonchev–Trinajstić information content (AvgIpc) is 3.94. The molecular weight excluding hydrogens is 737 g/mol. The fourth-order valence-corrected chi connectivity index (χ4v) is 9.30. The maximum atomic E-state index is 14.3. The number of hydrogen-bond donors (Lipinski definition) is 3. The minimum absolute atomic E-state index is 0.0898. The number of hydrogen-bond acceptors (Lipinski definition) is 9. The second-order valence-corrected chi connectivity index (χ2v) is 18.4. The van der Waals surface area contributed by atoms with Gasteiger partial charge in [0.15, 0.2) is 0 Å². The van der Waals surface area contributed by atoms with Crippen molar-refractivity contribution in [3.8, 4) is 0 Å². The third-order valence-corrected chi connectivity index (χ3v) is 13.0. The topological polar surface area (TPSA) is 181 Å². The van der Waals surface area contributed by atoms with Gasteiger partial charge in [0, 0.05) is 16.5 Å². The molecule has 14 nitrogen and oxygen atoms in total. The fourth-order valence-electron chi connectivity index (χ4n) is 7.46. The van der Waals surface area contributed by atoms with Crippen molar-refractivity contribution in [3.05, 3.63) is 33.3 Å². The van der Waals surface area contributed by atoms with Gasteiger partial charge in [0.25, 0.3) is 5.91 Å². The maximum absolute atomic E-state index is 14.3. The first kappa shape index (κ1) is 38.4. The predicted molar refractivity (Wildman–Crippen MR) is 191 cm³/mol. The Hall–Kier alpha value is -3.30. The summed E-state index contributed by atoms with van der Waals surface area (Å²) in [4.78, 5) is 71.3. The van der Waals surface area contributed by atoms with Gasteiger partial charge in [-0.3, -0.25) is 24.0 Å². The van der Waals surface area contributed by atoms with Crippen molar-refractivity contribution >= 4 is 63.1 Å². The van der Waals surface area contributed by atoms with Gasteiger partial charge < -0.3 is 25.0 Å². The van der Waals surface area contributed by atoms with Gasteiger partial charge in [0.2, 0.25) is 21.8 Å². The summed E-state index contributed by atoms with van der Waals surface area (Å²) in [6.45, 7) is 5.29. The SMILES string of the molecule is CC(C)(C)OC(=O)N[C@H]1CCCCCCC[C@@H]2C[C@@]2(C(=O)NS(=O)(=O)C2CC2)NC(=O)[C@@H]2C[C@@H](OC(=O)N3Cc4c(Cl)ccc(Cl)c4C3)CN2C1=O. The zero-order valence-corrected chi connectivity index (χ0v) is 32.0. The molecule has 17 heteroatoms. The number of amides is 5. The number of carbonyl (C=O) groups is 5. The first-order valence-electron chi connectivity index (χ1n) is 18.1. The van der Waals surface area contributed by atoms with Gasteiger partial charge in [-0.05, 0) is 82.1 Å². The lowest BCUT2D eigenvalue weighted by Crippen LogP contribution is -2.58. The first-order valence-corrected chi connectivity index (χ1v) is 20.4. The third-order valence-electron chi connectivity index (χ3n) is 10.5. The van der Waals surface area contributed by atoms with E-state index in [1.165, 1.54) is 9.80 Å². The van der Waals surface area contributed by atoms with Gasteiger partial charge in [-0.1, -0.05) is 55.3 Å². The molecule has 0 radical (unpaired) electrons. The normalized spacial score (nSPS) is 28.3. The molecule has 1 aromatic rings. The van der Waals surface area contributed by atoms with Gasteiger partial charge in [0.05, 0.1) is 24.9 Å². The Morgan fingerprint density at radius 3 is 2.17 bits per heavy atom. The number of nitrogens with zero attached hydrogens (tertiary/aromatic N) is 2. The Morgan fingerprint density at radius 2 is 1.56 bits per heavy atom. The molecule has 5 atom stereocenters. The summed E-state index contributed by atoms with van der Waals surface area (Å²) in [5, 5.41) is 5.84. The largest absolute Gasteiger partial charge is 0.444 e. The molecule has 0 unspecified atom stereocenters. The fraction of sp³-hybridized carbons (Fsp3) is 0.686. The van der Waals surface area contributed by atoms with Crippen LogP contribution >= 0.6 is 23.2 Å². The van der Waals surface area contributed by atoms with Gasteiger partial charge in [-0.25, -0.2) is 18.0 Å². The molecule has 4 fully saturated rings. The quantitative estimate of drug-likeness (QED) is 0.387. The van der Waals surface area contributed by atoms with Crippen LogP contribution in [0.15, 0.2) is 12.1 Å². The molecular formula is C35H47Cl2N5O9S. The number of nitrogens with one attached hydrogen (secondary N) is 3. The highest BCUT2D eigenvalue weighted by Gasteiger charge is 2.62. The smallest absolute Gasteiger partial charge is 0.410 e. The second kappa shape index (κ2) is 14.8. The second-order valence-electron chi connectivity index (χ2n) is 15.7. The van der Waals surface area contributed by atoms with Crippen molar-refractivity contribution in [1.82, 2.24) is 25.2 Å². The highest BCUT2D eigenvalue weighted by Crippen LogP contribution is 2.48. The molecule has 2 saturated heterocycles. The Balaban J connectivity index is 1.25. The van der Waals surface area contributed by atoms with E-state index in [0.717, 1.165) is 25.7 Å². The monoisotopic (exact) mass is 783 g/mol. The van der Waals surface area contributed by atoms with E-state index in [0.29, 0.717) is 46.9 Å². The molecule has 286 valence electrons. The molecule has 5 aliphatic rings. The van der Waals surface area contributed by atoms with Crippen LogP contribution in [0.3, 0.4) is 0 Å². The van der Waals surface area contributed by atoms with Crippen LogP contribution in [-0.2, 0) is 47.0 Å². The molecule has 52 heavy (non-hydrogen) atoms. The van der Waals surface area contributed by atoms with Gasteiger partial charge >= 0.3 is 12.2 Å². The Labute approximate surface area is 314 Å². The van der Waals surface area contributed by atoms with E-state index in [9.17, 15) is 32.4 Å². The zero-order valence-electron chi connectivity index (χ0n) is 29.7.